The van der Waals surface area contributed by atoms with E-state index < -0.39 is 0 Å². The monoisotopic (exact) mass is 433 g/mol. The first-order chi connectivity index (χ1) is 14.6. The summed E-state index contributed by atoms with van der Waals surface area (Å²) in [5.41, 5.74) is 1.55. The van der Waals surface area contributed by atoms with Crippen LogP contribution in [-0.4, -0.2) is 37.7 Å². The molecule has 0 aromatic rings. The maximum absolute atomic E-state index is 5.51. The molecule has 2 heteroatoms. The average Bonchev–Trinajstić information content (AvgIpc) is 3.28. The van der Waals surface area contributed by atoms with E-state index in [1.807, 2.05) is 0 Å². The predicted octanol–water partition coefficient (Wildman–Crippen LogP) is 7.95. The molecule has 3 aliphatic rings. The summed E-state index contributed by atoms with van der Waals surface area (Å²) in [5.74, 6) is 2.89. The fourth-order valence-electron chi connectivity index (χ4n) is 7.08. The second-order valence-electron chi connectivity index (χ2n) is 13.7. The van der Waals surface area contributed by atoms with Crippen LogP contribution in [0.3, 0.4) is 0 Å². The molecule has 182 valence electrons. The zero-order valence-electron chi connectivity index (χ0n) is 22.1. The van der Waals surface area contributed by atoms with Gasteiger partial charge < -0.3 is 4.74 Å². The van der Waals surface area contributed by atoms with Crippen molar-refractivity contribution < 1.29 is 4.74 Å². The molecule has 0 amide bonds. The lowest BCUT2D eigenvalue weighted by Gasteiger charge is -2.43. The first-order valence-electron chi connectivity index (χ1n) is 13.9. The lowest BCUT2D eigenvalue weighted by molar-refractivity contribution is 0.0299. The van der Waals surface area contributed by atoms with Gasteiger partial charge in [0.05, 0.1) is 13.2 Å². The molecule has 3 fully saturated rings. The van der Waals surface area contributed by atoms with Gasteiger partial charge in [-0.05, 0) is 91.9 Å². The molecule has 31 heavy (non-hydrogen) atoms. The van der Waals surface area contributed by atoms with Crippen molar-refractivity contribution in [2.45, 2.75) is 119 Å². The minimum Gasteiger partial charge on any atom is -0.379 e. The maximum atomic E-state index is 5.51. The Morgan fingerprint density at radius 3 is 1.74 bits per heavy atom. The van der Waals surface area contributed by atoms with Gasteiger partial charge in [-0.3, -0.25) is 4.90 Å². The highest BCUT2D eigenvalue weighted by Gasteiger charge is 2.38. The van der Waals surface area contributed by atoms with Crippen molar-refractivity contribution in [1.82, 2.24) is 4.90 Å². The zero-order chi connectivity index (χ0) is 22.5. The fraction of sp³-hybridized carbons (Fsp3) is 1.00. The van der Waals surface area contributed by atoms with Gasteiger partial charge in [0.25, 0.3) is 0 Å². The van der Waals surface area contributed by atoms with E-state index in [0.717, 1.165) is 44.1 Å². The minimum absolute atomic E-state index is 0.483. The molecule has 0 aromatic heterocycles. The summed E-state index contributed by atoms with van der Waals surface area (Å²) in [4.78, 5) is 2.61. The lowest BCUT2D eigenvalue weighted by Crippen LogP contribution is -2.38. The van der Waals surface area contributed by atoms with E-state index in [1.165, 1.54) is 83.6 Å². The molecule has 1 heterocycles. The average molecular weight is 434 g/mol. The van der Waals surface area contributed by atoms with Gasteiger partial charge in [-0.1, -0.05) is 67.2 Å². The van der Waals surface area contributed by atoms with Crippen molar-refractivity contribution in [2.24, 2.45) is 34.0 Å². The molecule has 0 spiro atoms. The van der Waals surface area contributed by atoms with Crippen molar-refractivity contribution in [3.05, 3.63) is 0 Å². The topological polar surface area (TPSA) is 12.5 Å². The smallest absolute Gasteiger partial charge is 0.0594 e. The van der Waals surface area contributed by atoms with Gasteiger partial charge in [0.15, 0.2) is 0 Å². The van der Waals surface area contributed by atoms with Crippen molar-refractivity contribution in [2.75, 3.05) is 32.8 Å². The van der Waals surface area contributed by atoms with E-state index >= 15 is 0 Å². The van der Waals surface area contributed by atoms with E-state index in [1.54, 1.807) is 0 Å². The minimum atomic E-state index is 0.483. The first-order valence-corrected chi connectivity index (χ1v) is 13.9. The second-order valence-corrected chi connectivity index (χ2v) is 13.7. The van der Waals surface area contributed by atoms with Gasteiger partial charge in [-0.2, -0.15) is 0 Å². The van der Waals surface area contributed by atoms with Crippen LogP contribution in [-0.2, 0) is 4.74 Å². The maximum Gasteiger partial charge on any atom is 0.0594 e. The van der Waals surface area contributed by atoms with Gasteiger partial charge in [0.2, 0.25) is 0 Å². The summed E-state index contributed by atoms with van der Waals surface area (Å²) in [6, 6.07) is 0. The molecular weight excluding hydrogens is 378 g/mol. The number of nitrogens with zero attached hydrogens (tertiary/aromatic N) is 1. The fourth-order valence-corrected chi connectivity index (χ4v) is 7.08. The number of hydrogen-bond donors (Lipinski definition) is 0. The highest BCUT2D eigenvalue weighted by Crippen LogP contribution is 2.49. The van der Waals surface area contributed by atoms with Gasteiger partial charge in [-0.15, -0.1) is 0 Å². The molecule has 3 rings (SSSR count). The molecule has 0 N–H and O–H groups in total. The van der Waals surface area contributed by atoms with Crippen molar-refractivity contribution in [1.29, 1.82) is 0 Å². The summed E-state index contributed by atoms with van der Waals surface area (Å²) < 4.78 is 5.51. The quantitative estimate of drug-likeness (QED) is 0.346. The Balaban J connectivity index is 1.39. The van der Waals surface area contributed by atoms with Gasteiger partial charge >= 0.3 is 0 Å². The number of ether oxygens (including phenoxy) is 1. The van der Waals surface area contributed by atoms with Crippen LogP contribution >= 0.6 is 0 Å². The van der Waals surface area contributed by atoms with Crippen LogP contribution < -0.4 is 0 Å². The van der Waals surface area contributed by atoms with Crippen molar-refractivity contribution >= 4 is 0 Å². The van der Waals surface area contributed by atoms with E-state index in [2.05, 4.69) is 46.4 Å². The summed E-state index contributed by atoms with van der Waals surface area (Å²) >= 11 is 0. The highest BCUT2D eigenvalue weighted by molar-refractivity contribution is 4.89. The zero-order valence-corrected chi connectivity index (χ0v) is 22.1. The van der Waals surface area contributed by atoms with E-state index in [4.69, 9.17) is 4.74 Å². The molecule has 0 aromatic carbocycles. The summed E-state index contributed by atoms with van der Waals surface area (Å²) in [5, 5.41) is 0. The Morgan fingerprint density at radius 1 is 0.677 bits per heavy atom. The number of hydrogen-bond acceptors (Lipinski definition) is 2. The Hall–Kier alpha value is -0.0800. The molecule has 0 atom stereocenters. The normalized spacial score (nSPS) is 27.7. The molecular formula is C29H55NO. The summed E-state index contributed by atoms with van der Waals surface area (Å²) in [6.45, 7) is 20.7. The largest absolute Gasteiger partial charge is 0.379 e. The van der Waals surface area contributed by atoms with E-state index in [-0.39, 0.29) is 0 Å². The Bertz CT molecular complexity index is 517. The highest BCUT2D eigenvalue weighted by atomic mass is 16.5. The third-order valence-corrected chi connectivity index (χ3v) is 9.88. The SMILES string of the molecule is CC(C)(CCN1CCOCC1)CC1CCC(C(C)(C)CCC(C)(C)C2CCCC2)CC1. The third kappa shape index (κ3) is 7.73. The number of rotatable bonds is 10. The second kappa shape index (κ2) is 10.9. The van der Waals surface area contributed by atoms with Crippen LogP contribution in [0.25, 0.3) is 0 Å². The van der Waals surface area contributed by atoms with Crippen LogP contribution in [0.2, 0.25) is 0 Å². The molecule has 0 bridgehead atoms. The van der Waals surface area contributed by atoms with Gasteiger partial charge in [0.1, 0.15) is 0 Å². The standard InChI is InChI=1S/C29H55NO/c1-27(2,17-18-30-19-21-31-22-20-30)23-24-11-13-26(14-12-24)29(5,6)16-15-28(3,4)25-9-7-8-10-25/h24-26H,7-23H2,1-6H3. The number of morpholine rings is 1. The molecule has 0 radical (unpaired) electrons. The van der Waals surface area contributed by atoms with E-state index in [9.17, 15) is 0 Å². The molecule has 2 nitrogen and oxygen atoms in total. The predicted molar refractivity (Wildman–Crippen MR) is 134 cm³/mol. The van der Waals surface area contributed by atoms with Crippen LogP contribution in [0.4, 0.5) is 0 Å². The molecule has 0 unspecified atom stereocenters. The molecule has 2 aliphatic carbocycles. The molecule has 2 saturated carbocycles. The van der Waals surface area contributed by atoms with Crippen LogP contribution in [0.5, 0.6) is 0 Å². The third-order valence-electron chi connectivity index (χ3n) is 9.88. The lowest BCUT2D eigenvalue weighted by atomic mass is 9.62. The van der Waals surface area contributed by atoms with Crippen molar-refractivity contribution in [3.8, 4) is 0 Å². The Kier molecular flexibility index (Phi) is 8.98. The molecule has 1 aliphatic heterocycles. The van der Waals surface area contributed by atoms with Gasteiger partial charge in [0, 0.05) is 13.1 Å². The van der Waals surface area contributed by atoms with Crippen LogP contribution in [0, 0.1) is 34.0 Å². The van der Waals surface area contributed by atoms with Gasteiger partial charge in [-0.25, -0.2) is 0 Å². The van der Waals surface area contributed by atoms with Crippen LogP contribution in [0.1, 0.15) is 119 Å². The molecule has 1 saturated heterocycles. The van der Waals surface area contributed by atoms with Crippen LogP contribution in [0.15, 0.2) is 0 Å². The Labute approximate surface area is 195 Å². The van der Waals surface area contributed by atoms with Crippen molar-refractivity contribution in [3.63, 3.8) is 0 Å². The summed E-state index contributed by atoms with van der Waals surface area (Å²) in [7, 11) is 0. The Morgan fingerprint density at radius 2 is 1.19 bits per heavy atom. The first kappa shape index (κ1) is 25.5. The summed E-state index contributed by atoms with van der Waals surface area (Å²) in [6.07, 6.45) is 17.4. The van der Waals surface area contributed by atoms with E-state index in [0.29, 0.717) is 16.2 Å².